The number of hydrogen-bond acceptors (Lipinski definition) is 2. The van der Waals surface area contributed by atoms with Gasteiger partial charge >= 0.3 is 0 Å². The second kappa shape index (κ2) is 5.59. The lowest BCUT2D eigenvalue weighted by atomic mass is 10.1. The van der Waals surface area contributed by atoms with Crippen LogP contribution < -0.4 is 5.32 Å². The van der Waals surface area contributed by atoms with Crippen molar-refractivity contribution in [1.82, 2.24) is 9.88 Å². The fourth-order valence-electron chi connectivity index (χ4n) is 1.72. The first-order valence-electron chi connectivity index (χ1n) is 6.06. The van der Waals surface area contributed by atoms with E-state index in [1.807, 2.05) is 0 Å². The van der Waals surface area contributed by atoms with Gasteiger partial charge in [-0.25, -0.2) is 0 Å². The molecule has 2 nitrogen and oxygen atoms in total. The number of nitrogens with one attached hydrogen (secondary N) is 1. The second-order valence-corrected chi connectivity index (χ2v) is 7.37. The van der Waals surface area contributed by atoms with Crippen molar-refractivity contribution in [3.8, 4) is 0 Å². The molecular weight excluding hydrogens is 308 g/mol. The van der Waals surface area contributed by atoms with E-state index in [9.17, 15) is 0 Å². The largest absolute Gasteiger partial charge is 0.345 e. The van der Waals surface area contributed by atoms with Crippen LogP contribution in [0.15, 0.2) is 34.2 Å². The molecule has 0 fully saturated rings. The van der Waals surface area contributed by atoms with Gasteiger partial charge in [0.15, 0.2) is 0 Å². The molecule has 0 amide bonds. The summed E-state index contributed by atoms with van der Waals surface area (Å²) in [5.74, 6) is 0. The average Bonchev–Trinajstić information content (AvgIpc) is 2.85. The van der Waals surface area contributed by atoms with E-state index in [0.29, 0.717) is 0 Å². The number of rotatable bonds is 4. The van der Waals surface area contributed by atoms with E-state index in [1.54, 1.807) is 11.3 Å². The van der Waals surface area contributed by atoms with Crippen LogP contribution in [0.4, 0.5) is 0 Å². The quantitative estimate of drug-likeness (QED) is 0.888. The van der Waals surface area contributed by atoms with Gasteiger partial charge in [-0.2, -0.15) is 0 Å². The van der Waals surface area contributed by atoms with E-state index in [2.05, 4.69) is 76.4 Å². The van der Waals surface area contributed by atoms with Gasteiger partial charge in [-0.1, -0.05) is 0 Å². The van der Waals surface area contributed by atoms with Crippen molar-refractivity contribution in [3.05, 3.63) is 44.8 Å². The zero-order chi connectivity index (χ0) is 13.2. The number of halogens is 1. The van der Waals surface area contributed by atoms with E-state index in [4.69, 9.17) is 0 Å². The highest BCUT2D eigenvalue weighted by Gasteiger charge is 2.10. The standard InChI is InChI=1S/C14H19BrN2S/c1-14(2,3)16-8-12-5-4-6-17(12)9-13-7-11(15)10-18-13/h4-7,10,16H,8-9H2,1-3H3. The topological polar surface area (TPSA) is 17.0 Å². The van der Waals surface area contributed by atoms with Crippen LogP contribution in [-0.4, -0.2) is 10.1 Å². The van der Waals surface area contributed by atoms with Crippen molar-refractivity contribution in [2.75, 3.05) is 0 Å². The molecule has 2 heterocycles. The first kappa shape index (κ1) is 13.8. The molecule has 0 unspecified atom stereocenters. The maximum absolute atomic E-state index is 3.53. The Morgan fingerprint density at radius 3 is 2.78 bits per heavy atom. The molecule has 0 spiro atoms. The Morgan fingerprint density at radius 1 is 1.39 bits per heavy atom. The molecule has 2 aromatic heterocycles. The SMILES string of the molecule is CC(C)(C)NCc1cccn1Cc1cc(Br)cs1. The normalized spacial score (nSPS) is 12.0. The van der Waals surface area contributed by atoms with Crippen molar-refractivity contribution in [3.63, 3.8) is 0 Å². The highest BCUT2D eigenvalue weighted by molar-refractivity contribution is 9.10. The minimum Gasteiger partial charge on any atom is -0.345 e. The summed E-state index contributed by atoms with van der Waals surface area (Å²) in [6, 6.07) is 6.48. The van der Waals surface area contributed by atoms with Gasteiger partial charge < -0.3 is 9.88 Å². The third-order valence-electron chi connectivity index (χ3n) is 2.67. The minimum absolute atomic E-state index is 0.154. The molecule has 2 aromatic rings. The number of nitrogens with zero attached hydrogens (tertiary/aromatic N) is 1. The van der Waals surface area contributed by atoms with E-state index in [1.165, 1.54) is 15.0 Å². The Bertz CT molecular complexity index is 508. The van der Waals surface area contributed by atoms with Gasteiger partial charge in [0.1, 0.15) is 0 Å². The first-order chi connectivity index (χ1) is 8.44. The highest BCUT2D eigenvalue weighted by Crippen LogP contribution is 2.21. The lowest BCUT2D eigenvalue weighted by molar-refractivity contribution is 0.417. The van der Waals surface area contributed by atoms with Crippen LogP contribution in [0.3, 0.4) is 0 Å². The van der Waals surface area contributed by atoms with Crippen molar-refractivity contribution in [2.45, 2.75) is 39.4 Å². The van der Waals surface area contributed by atoms with Gasteiger partial charge in [-0.15, -0.1) is 11.3 Å². The van der Waals surface area contributed by atoms with Gasteiger partial charge in [0.2, 0.25) is 0 Å². The van der Waals surface area contributed by atoms with Crippen molar-refractivity contribution >= 4 is 27.3 Å². The number of aromatic nitrogens is 1. The smallest absolute Gasteiger partial charge is 0.0567 e. The maximum atomic E-state index is 3.53. The van der Waals surface area contributed by atoms with Crippen molar-refractivity contribution in [2.24, 2.45) is 0 Å². The zero-order valence-corrected chi connectivity index (χ0v) is 13.4. The van der Waals surface area contributed by atoms with Gasteiger partial charge in [-0.3, -0.25) is 0 Å². The maximum Gasteiger partial charge on any atom is 0.0567 e. The monoisotopic (exact) mass is 326 g/mol. The molecule has 0 radical (unpaired) electrons. The van der Waals surface area contributed by atoms with Gasteiger partial charge in [0, 0.05) is 38.7 Å². The van der Waals surface area contributed by atoms with Gasteiger partial charge in [-0.05, 0) is 54.9 Å². The molecule has 2 rings (SSSR count). The highest BCUT2D eigenvalue weighted by atomic mass is 79.9. The van der Waals surface area contributed by atoms with Crippen LogP contribution in [0.1, 0.15) is 31.3 Å². The third kappa shape index (κ3) is 3.97. The summed E-state index contributed by atoms with van der Waals surface area (Å²) >= 11 is 5.29. The van der Waals surface area contributed by atoms with Crippen LogP contribution >= 0.6 is 27.3 Å². The third-order valence-corrected chi connectivity index (χ3v) is 4.35. The number of thiophene rings is 1. The van der Waals surface area contributed by atoms with Crippen LogP contribution in [0, 0.1) is 0 Å². The van der Waals surface area contributed by atoms with E-state index in [0.717, 1.165) is 13.1 Å². The van der Waals surface area contributed by atoms with Crippen LogP contribution in [0.5, 0.6) is 0 Å². The summed E-state index contributed by atoms with van der Waals surface area (Å²) in [7, 11) is 0. The summed E-state index contributed by atoms with van der Waals surface area (Å²) in [4.78, 5) is 1.37. The summed E-state index contributed by atoms with van der Waals surface area (Å²) in [5.41, 5.74) is 1.48. The molecule has 98 valence electrons. The van der Waals surface area contributed by atoms with E-state index >= 15 is 0 Å². The molecule has 18 heavy (non-hydrogen) atoms. The zero-order valence-electron chi connectivity index (χ0n) is 11.0. The molecule has 0 aliphatic rings. The van der Waals surface area contributed by atoms with E-state index in [-0.39, 0.29) is 5.54 Å². The fourth-order valence-corrected chi connectivity index (χ4v) is 3.17. The molecule has 0 saturated carbocycles. The van der Waals surface area contributed by atoms with Crippen LogP contribution in [-0.2, 0) is 13.1 Å². The Hall–Kier alpha value is -0.580. The van der Waals surface area contributed by atoms with Crippen molar-refractivity contribution < 1.29 is 0 Å². The lowest BCUT2D eigenvalue weighted by Crippen LogP contribution is -2.35. The fraction of sp³-hybridized carbons (Fsp3) is 0.429. The number of hydrogen-bond donors (Lipinski definition) is 1. The summed E-state index contributed by atoms with van der Waals surface area (Å²) in [6.45, 7) is 8.43. The molecule has 0 atom stereocenters. The van der Waals surface area contributed by atoms with Crippen LogP contribution in [0.2, 0.25) is 0 Å². The molecular formula is C14H19BrN2S. The van der Waals surface area contributed by atoms with Crippen molar-refractivity contribution in [1.29, 1.82) is 0 Å². The Balaban J connectivity index is 2.03. The summed E-state index contributed by atoms with van der Waals surface area (Å²) < 4.78 is 3.47. The molecule has 0 aromatic carbocycles. The first-order valence-corrected chi connectivity index (χ1v) is 7.73. The molecule has 0 aliphatic carbocycles. The van der Waals surface area contributed by atoms with Gasteiger partial charge in [0.05, 0.1) is 6.54 Å². The summed E-state index contributed by atoms with van der Waals surface area (Å²) in [5, 5.41) is 5.66. The Labute approximate surface area is 121 Å². The molecule has 0 bridgehead atoms. The van der Waals surface area contributed by atoms with E-state index < -0.39 is 0 Å². The molecule has 4 heteroatoms. The molecule has 0 saturated heterocycles. The van der Waals surface area contributed by atoms with Gasteiger partial charge in [0.25, 0.3) is 0 Å². The predicted octanol–water partition coefficient (Wildman–Crippen LogP) is 4.25. The molecule has 1 N–H and O–H groups in total. The lowest BCUT2D eigenvalue weighted by Gasteiger charge is -2.21. The van der Waals surface area contributed by atoms with Crippen LogP contribution in [0.25, 0.3) is 0 Å². The predicted molar refractivity (Wildman–Crippen MR) is 82.1 cm³/mol. The average molecular weight is 327 g/mol. The second-order valence-electron chi connectivity index (χ2n) is 5.46. The molecule has 0 aliphatic heterocycles. The Kier molecular flexibility index (Phi) is 4.30. The Morgan fingerprint density at radius 2 is 2.17 bits per heavy atom. The summed E-state index contributed by atoms with van der Waals surface area (Å²) in [6.07, 6.45) is 2.15. The minimum atomic E-state index is 0.154.